The first-order valence-corrected chi connectivity index (χ1v) is 6.72. The Labute approximate surface area is 107 Å². The number of allylic oxidation sites excluding steroid dienone is 2. The summed E-state index contributed by atoms with van der Waals surface area (Å²) in [6.07, 6.45) is 1.96. The van der Waals surface area contributed by atoms with Gasteiger partial charge in [0.2, 0.25) is 5.13 Å². The third-order valence-corrected chi connectivity index (χ3v) is 4.00. The van der Waals surface area contributed by atoms with Crippen LogP contribution in [-0.4, -0.2) is 16.1 Å². The third kappa shape index (κ3) is 2.78. The van der Waals surface area contributed by atoms with Crippen molar-refractivity contribution < 1.29 is 4.79 Å². The van der Waals surface area contributed by atoms with Gasteiger partial charge in [-0.15, -0.1) is 21.5 Å². The number of carbonyl (C=O) groups excluding carboxylic acids is 1. The van der Waals surface area contributed by atoms with Gasteiger partial charge in [-0.05, 0) is 30.9 Å². The lowest BCUT2D eigenvalue weighted by molar-refractivity contribution is 0.103. The normalized spacial score (nSPS) is 11.5. The van der Waals surface area contributed by atoms with E-state index in [1.165, 1.54) is 22.7 Å². The fourth-order valence-electron chi connectivity index (χ4n) is 1.12. The monoisotopic (exact) mass is 265 g/mol. The van der Waals surface area contributed by atoms with Crippen LogP contribution in [0.2, 0.25) is 0 Å². The number of carbonyl (C=O) groups is 1. The number of anilines is 1. The van der Waals surface area contributed by atoms with Crippen LogP contribution < -0.4 is 5.32 Å². The van der Waals surface area contributed by atoms with E-state index in [1.54, 1.807) is 6.07 Å². The molecule has 0 aromatic carbocycles. The minimum absolute atomic E-state index is 0.138. The first kappa shape index (κ1) is 11.9. The van der Waals surface area contributed by atoms with Gasteiger partial charge in [-0.2, -0.15) is 0 Å². The van der Waals surface area contributed by atoms with E-state index in [0.717, 1.165) is 10.6 Å². The molecule has 2 heterocycles. The van der Waals surface area contributed by atoms with Gasteiger partial charge in [0.05, 0.1) is 4.88 Å². The van der Waals surface area contributed by atoms with Crippen molar-refractivity contribution in [3.8, 4) is 0 Å². The topological polar surface area (TPSA) is 54.9 Å². The molecule has 0 saturated heterocycles. The van der Waals surface area contributed by atoms with E-state index >= 15 is 0 Å². The SMILES string of the molecule is C/C=C(\C)c1nnc(NC(=O)c2cccs2)s1. The van der Waals surface area contributed by atoms with Gasteiger partial charge in [0.25, 0.3) is 5.91 Å². The predicted molar refractivity (Wildman–Crippen MR) is 71.5 cm³/mol. The smallest absolute Gasteiger partial charge is 0.267 e. The molecule has 0 unspecified atom stereocenters. The molecular weight excluding hydrogens is 254 g/mol. The quantitative estimate of drug-likeness (QED) is 0.926. The first-order chi connectivity index (χ1) is 8.20. The van der Waals surface area contributed by atoms with Gasteiger partial charge in [-0.25, -0.2) is 0 Å². The van der Waals surface area contributed by atoms with Crippen molar-refractivity contribution in [3.63, 3.8) is 0 Å². The van der Waals surface area contributed by atoms with E-state index in [9.17, 15) is 4.79 Å². The van der Waals surface area contributed by atoms with E-state index in [4.69, 9.17) is 0 Å². The lowest BCUT2D eigenvalue weighted by Crippen LogP contribution is -2.09. The maximum absolute atomic E-state index is 11.7. The first-order valence-electron chi connectivity index (χ1n) is 5.02. The van der Waals surface area contributed by atoms with Crippen LogP contribution in [0.15, 0.2) is 23.6 Å². The van der Waals surface area contributed by atoms with E-state index < -0.39 is 0 Å². The van der Waals surface area contributed by atoms with E-state index in [0.29, 0.717) is 10.0 Å². The second kappa shape index (κ2) is 5.20. The number of nitrogens with zero attached hydrogens (tertiary/aromatic N) is 2. The molecule has 88 valence electrons. The molecule has 0 aliphatic carbocycles. The highest BCUT2D eigenvalue weighted by Gasteiger charge is 2.11. The summed E-state index contributed by atoms with van der Waals surface area (Å²) in [5.41, 5.74) is 1.05. The van der Waals surface area contributed by atoms with Crippen LogP contribution in [0.3, 0.4) is 0 Å². The summed E-state index contributed by atoms with van der Waals surface area (Å²) >= 11 is 2.77. The summed E-state index contributed by atoms with van der Waals surface area (Å²) in [6, 6.07) is 3.62. The standard InChI is InChI=1S/C11H11N3OS2/c1-3-7(2)10-13-14-11(17-10)12-9(15)8-5-4-6-16-8/h3-6H,1-2H3,(H,12,14,15)/b7-3+. The highest BCUT2D eigenvalue weighted by Crippen LogP contribution is 2.22. The van der Waals surface area contributed by atoms with Crippen molar-refractivity contribution in [1.82, 2.24) is 10.2 Å². The lowest BCUT2D eigenvalue weighted by atomic mass is 10.3. The highest BCUT2D eigenvalue weighted by atomic mass is 32.1. The maximum Gasteiger partial charge on any atom is 0.267 e. The summed E-state index contributed by atoms with van der Waals surface area (Å²) in [6.45, 7) is 3.91. The molecule has 0 saturated carbocycles. The number of rotatable bonds is 3. The Kier molecular flexibility index (Phi) is 3.65. The van der Waals surface area contributed by atoms with Crippen molar-refractivity contribution in [2.45, 2.75) is 13.8 Å². The fourth-order valence-corrected chi connectivity index (χ4v) is 2.51. The molecule has 2 rings (SSSR count). The average molecular weight is 265 g/mol. The Morgan fingerprint density at radius 2 is 2.29 bits per heavy atom. The summed E-state index contributed by atoms with van der Waals surface area (Å²) in [5.74, 6) is -0.138. The molecular formula is C11H11N3OS2. The highest BCUT2D eigenvalue weighted by molar-refractivity contribution is 7.16. The van der Waals surface area contributed by atoms with Crippen LogP contribution >= 0.6 is 22.7 Å². The lowest BCUT2D eigenvalue weighted by Gasteiger charge is -1.96. The van der Waals surface area contributed by atoms with Crippen LogP contribution in [0.25, 0.3) is 5.57 Å². The third-order valence-electron chi connectivity index (χ3n) is 2.16. The zero-order valence-electron chi connectivity index (χ0n) is 9.43. The number of nitrogens with one attached hydrogen (secondary N) is 1. The molecule has 0 atom stereocenters. The Morgan fingerprint density at radius 3 is 2.94 bits per heavy atom. The van der Waals surface area contributed by atoms with Crippen molar-refractivity contribution in [2.24, 2.45) is 0 Å². The van der Waals surface area contributed by atoms with Crippen LogP contribution in [0.5, 0.6) is 0 Å². The Bertz CT molecular complexity index is 543. The van der Waals surface area contributed by atoms with Crippen molar-refractivity contribution in [1.29, 1.82) is 0 Å². The van der Waals surface area contributed by atoms with Crippen molar-refractivity contribution >= 4 is 39.3 Å². The van der Waals surface area contributed by atoms with Crippen LogP contribution in [0.1, 0.15) is 28.5 Å². The number of hydrogen-bond acceptors (Lipinski definition) is 5. The second-order valence-corrected chi connectivity index (χ2v) is 5.24. The molecule has 0 fully saturated rings. The Balaban J connectivity index is 2.10. The number of hydrogen-bond donors (Lipinski definition) is 1. The van der Waals surface area contributed by atoms with Gasteiger partial charge in [-0.1, -0.05) is 23.5 Å². The number of thiophene rings is 1. The van der Waals surface area contributed by atoms with Gasteiger partial charge in [0.15, 0.2) is 0 Å². The van der Waals surface area contributed by atoms with Gasteiger partial charge >= 0.3 is 0 Å². The average Bonchev–Trinajstić information content (AvgIpc) is 2.98. The molecule has 0 aliphatic heterocycles. The molecule has 0 radical (unpaired) electrons. The van der Waals surface area contributed by atoms with E-state index in [1.807, 2.05) is 31.4 Å². The molecule has 0 aliphatic rings. The van der Waals surface area contributed by atoms with Gasteiger partial charge in [0, 0.05) is 0 Å². The molecule has 0 spiro atoms. The van der Waals surface area contributed by atoms with Gasteiger partial charge in [-0.3, -0.25) is 10.1 Å². The summed E-state index contributed by atoms with van der Waals surface area (Å²) in [4.78, 5) is 12.4. The molecule has 6 heteroatoms. The second-order valence-electron chi connectivity index (χ2n) is 3.32. The summed E-state index contributed by atoms with van der Waals surface area (Å²) in [5, 5.41) is 13.9. The summed E-state index contributed by atoms with van der Waals surface area (Å²) < 4.78 is 0. The molecule has 2 aromatic heterocycles. The summed E-state index contributed by atoms with van der Waals surface area (Å²) in [7, 11) is 0. The zero-order chi connectivity index (χ0) is 12.3. The zero-order valence-corrected chi connectivity index (χ0v) is 11.1. The van der Waals surface area contributed by atoms with Crippen LogP contribution in [0, 0.1) is 0 Å². The molecule has 4 nitrogen and oxygen atoms in total. The van der Waals surface area contributed by atoms with E-state index in [2.05, 4.69) is 15.5 Å². The fraction of sp³-hybridized carbons (Fsp3) is 0.182. The Morgan fingerprint density at radius 1 is 1.47 bits per heavy atom. The molecule has 1 amide bonds. The number of aromatic nitrogens is 2. The minimum atomic E-state index is -0.138. The van der Waals surface area contributed by atoms with E-state index in [-0.39, 0.29) is 5.91 Å². The minimum Gasteiger partial charge on any atom is -0.296 e. The number of amides is 1. The predicted octanol–water partition coefficient (Wildman–Crippen LogP) is 3.28. The van der Waals surface area contributed by atoms with Crippen molar-refractivity contribution in [2.75, 3.05) is 5.32 Å². The maximum atomic E-state index is 11.7. The van der Waals surface area contributed by atoms with Gasteiger partial charge < -0.3 is 0 Å². The Hall–Kier alpha value is -1.53. The van der Waals surface area contributed by atoms with Crippen LogP contribution in [0.4, 0.5) is 5.13 Å². The van der Waals surface area contributed by atoms with Crippen molar-refractivity contribution in [3.05, 3.63) is 33.5 Å². The largest absolute Gasteiger partial charge is 0.296 e. The molecule has 0 bridgehead atoms. The molecule has 17 heavy (non-hydrogen) atoms. The molecule has 2 aromatic rings. The van der Waals surface area contributed by atoms with Crippen LogP contribution in [-0.2, 0) is 0 Å². The van der Waals surface area contributed by atoms with Gasteiger partial charge in [0.1, 0.15) is 5.01 Å². The molecule has 1 N–H and O–H groups in total.